The second-order valence-electron chi connectivity index (χ2n) is 9.98. The molecule has 1 amide bonds. The molecule has 30 heavy (non-hydrogen) atoms. The number of likely N-dealkylation sites (N-methyl/N-ethyl adjacent to an activating group) is 1. The molecule has 0 spiro atoms. The van der Waals surface area contributed by atoms with Crippen LogP contribution in [0.3, 0.4) is 0 Å². The molecule has 0 aromatic heterocycles. The summed E-state index contributed by atoms with van der Waals surface area (Å²) >= 11 is 0. The number of nitriles is 1. The van der Waals surface area contributed by atoms with Gasteiger partial charge in [-0.25, -0.2) is 0 Å². The van der Waals surface area contributed by atoms with E-state index in [1.54, 1.807) is 0 Å². The Morgan fingerprint density at radius 1 is 1.17 bits per heavy atom. The normalized spacial score (nSPS) is 30.0. The summed E-state index contributed by atoms with van der Waals surface area (Å²) in [5.74, 6) is 3.50. The molecule has 0 saturated heterocycles. The fourth-order valence-electron chi connectivity index (χ4n) is 6.82. The van der Waals surface area contributed by atoms with Gasteiger partial charge in [0.15, 0.2) is 6.54 Å². The van der Waals surface area contributed by atoms with Gasteiger partial charge in [-0.1, -0.05) is 0 Å². The summed E-state index contributed by atoms with van der Waals surface area (Å²) in [6.07, 6.45) is 8.01. The standard InChI is InChI=1S/C25H35N3O2/c1-3-30-23-7-5-19(6-8-23)17-27(2)18-24(29)28(10-4-9-26)25-14-20-11-21(15-25)13-22(12-20)16-25/h5-8,20-22H,3-4,10-18H2,1-2H3/p+1. The highest BCUT2D eigenvalue weighted by Crippen LogP contribution is 2.57. The molecule has 5 rings (SSSR count). The van der Waals surface area contributed by atoms with Gasteiger partial charge in [0.1, 0.15) is 12.3 Å². The molecular formula is C25H36N3O2+. The van der Waals surface area contributed by atoms with Gasteiger partial charge in [0.25, 0.3) is 5.91 Å². The van der Waals surface area contributed by atoms with Crippen LogP contribution in [0.15, 0.2) is 24.3 Å². The maximum atomic E-state index is 13.5. The van der Waals surface area contributed by atoms with Gasteiger partial charge in [0.05, 0.1) is 26.1 Å². The Labute approximate surface area is 181 Å². The Morgan fingerprint density at radius 2 is 1.77 bits per heavy atom. The molecular weight excluding hydrogens is 374 g/mol. The molecule has 1 N–H and O–H groups in total. The van der Waals surface area contributed by atoms with E-state index in [1.807, 2.05) is 19.1 Å². The Bertz CT molecular complexity index is 747. The zero-order valence-electron chi connectivity index (χ0n) is 18.5. The van der Waals surface area contributed by atoms with Crippen LogP contribution >= 0.6 is 0 Å². The maximum Gasteiger partial charge on any atom is 0.278 e. The summed E-state index contributed by atoms with van der Waals surface area (Å²) in [6.45, 7) is 4.55. The molecule has 5 heteroatoms. The van der Waals surface area contributed by atoms with Crippen LogP contribution in [0, 0.1) is 29.1 Å². The molecule has 1 aromatic carbocycles. The van der Waals surface area contributed by atoms with Crippen LogP contribution in [0.25, 0.3) is 0 Å². The van der Waals surface area contributed by atoms with E-state index < -0.39 is 0 Å². The van der Waals surface area contributed by atoms with Crippen molar-refractivity contribution in [2.24, 2.45) is 17.8 Å². The van der Waals surface area contributed by atoms with E-state index in [4.69, 9.17) is 4.74 Å². The van der Waals surface area contributed by atoms with Crippen LogP contribution in [0.4, 0.5) is 0 Å². The second-order valence-corrected chi connectivity index (χ2v) is 9.98. The van der Waals surface area contributed by atoms with Crippen molar-refractivity contribution in [2.75, 3.05) is 26.7 Å². The molecule has 1 atom stereocenters. The predicted octanol–water partition coefficient (Wildman–Crippen LogP) is 2.81. The van der Waals surface area contributed by atoms with Gasteiger partial charge >= 0.3 is 0 Å². The lowest BCUT2D eigenvalue weighted by molar-refractivity contribution is -0.885. The topological polar surface area (TPSA) is 57.8 Å². The van der Waals surface area contributed by atoms with E-state index in [-0.39, 0.29) is 11.4 Å². The fourth-order valence-corrected chi connectivity index (χ4v) is 6.82. The first-order chi connectivity index (χ1) is 14.5. The predicted molar refractivity (Wildman–Crippen MR) is 116 cm³/mol. The monoisotopic (exact) mass is 410 g/mol. The average Bonchev–Trinajstić information content (AvgIpc) is 2.68. The third-order valence-electron chi connectivity index (χ3n) is 7.52. The molecule has 0 heterocycles. The second kappa shape index (κ2) is 8.98. The number of rotatable bonds is 9. The first kappa shape index (κ1) is 21.2. The van der Waals surface area contributed by atoms with Gasteiger partial charge in [-0.2, -0.15) is 5.26 Å². The van der Waals surface area contributed by atoms with Crippen molar-refractivity contribution < 1.29 is 14.4 Å². The van der Waals surface area contributed by atoms with E-state index in [0.717, 1.165) is 49.3 Å². The minimum atomic E-state index is 0.0299. The van der Waals surface area contributed by atoms with Crippen molar-refractivity contribution in [1.82, 2.24) is 4.90 Å². The number of hydrogen-bond donors (Lipinski definition) is 1. The van der Waals surface area contributed by atoms with Gasteiger partial charge in [-0.15, -0.1) is 0 Å². The number of nitrogens with zero attached hydrogens (tertiary/aromatic N) is 2. The summed E-state index contributed by atoms with van der Waals surface area (Å²) in [5, 5.41) is 9.21. The zero-order chi connectivity index (χ0) is 21.1. The number of quaternary nitrogens is 1. The number of hydrogen-bond acceptors (Lipinski definition) is 3. The lowest BCUT2D eigenvalue weighted by Gasteiger charge is -2.60. The lowest BCUT2D eigenvalue weighted by atomic mass is 9.52. The van der Waals surface area contributed by atoms with Crippen LogP contribution in [0.2, 0.25) is 0 Å². The average molecular weight is 411 g/mol. The van der Waals surface area contributed by atoms with Gasteiger partial charge < -0.3 is 14.5 Å². The first-order valence-electron chi connectivity index (χ1n) is 11.7. The third kappa shape index (κ3) is 4.49. The lowest BCUT2D eigenvalue weighted by Crippen LogP contribution is -3.09. The molecule has 0 aliphatic heterocycles. The Balaban J connectivity index is 1.41. The van der Waals surface area contributed by atoms with Gasteiger partial charge in [-0.3, -0.25) is 4.79 Å². The zero-order valence-corrected chi connectivity index (χ0v) is 18.5. The summed E-state index contributed by atoms with van der Waals surface area (Å²) in [5.41, 5.74) is 1.24. The van der Waals surface area contributed by atoms with E-state index in [2.05, 4.69) is 30.1 Å². The molecule has 4 saturated carbocycles. The number of amides is 1. The maximum absolute atomic E-state index is 13.5. The minimum Gasteiger partial charge on any atom is -0.494 e. The molecule has 1 unspecified atom stereocenters. The smallest absolute Gasteiger partial charge is 0.278 e. The van der Waals surface area contributed by atoms with E-state index in [9.17, 15) is 10.1 Å². The highest BCUT2D eigenvalue weighted by Gasteiger charge is 2.54. The van der Waals surface area contributed by atoms with Crippen LogP contribution in [0.1, 0.15) is 57.4 Å². The molecule has 5 nitrogen and oxygen atoms in total. The van der Waals surface area contributed by atoms with Gasteiger partial charge in [0, 0.05) is 17.6 Å². The van der Waals surface area contributed by atoms with Crippen LogP contribution < -0.4 is 9.64 Å². The van der Waals surface area contributed by atoms with Crippen molar-refractivity contribution in [1.29, 1.82) is 5.26 Å². The molecule has 1 aromatic rings. The van der Waals surface area contributed by atoms with Crippen molar-refractivity contribution in [2.45, 2.75) is 64.0 Å². The summed E-state index contributed by atoms with van der Waals surface area (Å²) < 4.78 is 5.52. The fraction of sp³-hybridized carbons (Fsp3) is 0.680. The van der Waals surface area contributed by atoms with Crippen LogP contribution in [-0.4, -0.2) is 43.1 Å². The van der Waals surface area contributed by atoms with Crippen molar-refractivity contribution in [3.05, 3.63) is 29.8 Å². The summed E-state index contributed by atoms with van der Waals surface area (Å²) in [4.78, 5) is 16.8. The van der Waals surface area contributed by atoms with Crippen molar-refractivity contribution in [3.63, 3.8) is 0 Å². The van der Waals surface area contributed by atoms with E-state index >= 15 is 0 Å². The highest BCUT2D eigenvalue weighted by atomic mass is 16.5. The van der Waals surface area contributed by atoms with Gasteiger partial charge in [0.2, 0.25) is 0 Å². The van der Waals surface area contributed by atoms with E-state index in [0.29, 0.717) is 26.1 Å². The summed E-state index contributed by atoms with van der Waals surface area (Å²) in [6, 6.07) is 10.5. The SMILES string of the molecule is CCOc1ccc(C[NH+](C)CC(=O)N(CCC#N)C23CC4CC(CC(C4)C2)C3)cc1. The number of carbonyl (C=O) groups excluding carboxylic acids is 1. The molecule has 0 radical (unpaired) electrons. The number of carbonyl (C=O) groups is 1. The molecule has 162 valence electrons. The number of ether oxygens (including phenoxy) is 1. The molecule has 4 aliphatic carbocycles. The molecule has 4 bridgehead atoms. The van der Waals surface area contributed by atoms with Gasteiger partial charge in [-0.05, 0) is 87.5 Å². The van der Waals surface area contributed by atoms with Crippen molar-refractivity contribution >= 4 is 5.91 Å². The van der Waals surface area contributed by atoms with Crippen LogP contribution in [-0.2, 0) is 11.3 Å². The third-order valence-corrected chi connectivity index (χ3v) is 7.52. The van der Waals surface area contributed by atoms with E-state index in [1.165, 1.54) is 29.7 Å². The quantitative estimate of drug-likeness (QED) is 0.681. The van der Waals surface area contributed by atoms with Crippen molar-refractivity contribution in [3.8, 4) is 11.8 Å². The van der Waals surface area contributed by atoms with Crippen LogP contribution in [0.5, 0.6) is 5.75 Å². The molecule has 4 aliphatic rings. The Hall–Kier alpha value is -2.06. The number of nitrogens with one attached hydrogen (secondary N) is 1. The minimum absolute atomic E-state index is 0.0299. The Kier molecular flexibility index (Phi) is 6.34. The number of benzene rings is 1. The Morgan fingerprint density at radius 3 is 2.30 bits per heavy atom. The largest absolute Gasteiger partial charge is 0.494 e. The highest BCUT2D eigenvalue weighted by molar-refractivity contribution is 5.78. The summed E-state index contributed by atoms with van der Waals surface area (Å²) in [7, 11) is 2.09. The first-order valence-corrected chi connectivity index (χ1v) is 11.7. The molecule has 4 fully saturated rings.